The highest BCUT2D eigenvalue weighted by Gasteiger charge is 2.38. The van der Waals surface area contributed by atoms with Gasteiger partial charge in [0.05, 0.1) is 6.10 Å². The Morgan fingerprint density at radius 3 is 2.88 bits per heavy atom. The van der Waals surface area contributed by atoms with E-state index in [1.807, 2.05) is 19.9 Å². The van der Waals surface area contributed by atoms with Crippen LogP contribution in [0.25, 0.3) is 0 Å². The maximum atomic E-state index is 6.36. The monoisotopic (exact) mass is 239 g/mol. The molecule has 16 heavy (non-hydrogen) atoms. The predicted octanol–water partition coefficient (Wildman–Crippen LogP) is 2.70. The summed E-state index contributed by atoms with van der Waals surface area (Å²) in [4.78, 5) is 0. The lowest BCUT2D eigenvalue weighted by Gasteiger charge is -2.28. The minimum absolute atomic E-state index is 0.102. The van der Waals surface area contributed by atoms with E-state index >= 15 is 0 Å². The van der Waals surface area contributed by atoms with Gasteiger partial charge in [0, 0.05) is 17.2 Å². The fraction of sp³-hybridized carbons (Fsp3) is 0.538. The number of benzene rings is 1. The first-order chi connectivity index (χ1) is 7.51. The highest BCUT2D eigenvalue weighted by Crippen LogP contribution is 2.30. The van der Waals surface area contributed by atoms with E-state index in [2.05, 4.69) is 12.1 Å². The molecule has 0 amide bonds. The van der Waals surface area contributed by atoms with Crippen LogP contribution in [0.5, 0.6) is 0 Å². The van der Waals surface area contributed by atoms with Crippen molar-refractivity contribution in [2.24, 2.45) is 5.73 Å². The molecular weight excluding hydrogens is 222 g/mol. The molecule has 3 heteroatoms. The number of aryl methyl sites for hydroxylation is 1. The minimum Gasteiger partial charge on any atom is -0.377 e. The third-order valence-corrected chi connectivity index (χ3v) is 3.82. The Morgan fingerprint density at radius 1 is 1.56 bits per heavy atom. The van der Waals surface area contributed by atoms with E-state index in [1.165, 1.54) is 5.56 Å². The summed E-state index contributed by atoms with van der Waals surface area (Å²) in [5, 5.41) is 0.809. The fourth-order valence-corrected chi connectivity index (χ4v) is 2.48. The summed E-state index contributed by atoms with van der Waals surface area (Å²) in [5.41, 5.74) is 8.39. The summed E-state index contributed by atoms with van der Waals surface area (Å²) in [7, 11) is 0. The number of rotatable bonds is 2. The average Bonchev–Trinajstić information content (AvgIpc) is 2.52. The van der Waals surface area contributed by atoms with E-state index in [-0.39, 0.29) is 11.6 Å². The van der Waals surface area contributed by atoms with Crippen molar-refractivity contribution < 1.29 is 4.74 Å². The smallest absolute Gasteiger partial charge is 0.0730 e. The Morgan fingerprint density at radius 2 is 2.31 bits per heavy atom. The van der Waals surface area contributed by atoms with Gasteiger partial charge in [0.2, 0.25) is 0 Å². The first-order valence-electron chi connectivity index (χ1n) is 5.67. The summed E-state index contributed by atoms with van der Waals surface area (Å²) >= 11 is 6.22. The molecule has 0 radical (unpaired) electrons. The molecule has 0 bridgehead atoms. The number of hydrogen-bond donors (Lipinski definition) is 1. The Hall–Kier alpha value is -0.570. The summed E-state index contributed by atoms with van der Waals surface area (Å²) in [6.45, 7) is 4.82. The molecule has 1 aliphatic heterocycles. The average molecular weight is 240 g/mol. The summed E-state index contributed by atoms with van der Waals surface area (Å²) < 4.78 is 5.54. The lowest BCUT2D eigenvalue weighted by Crippen LogP contribution is -2.48. The van der Waals surface area contributed by atoms with E-state index in [1.54, 1.807) is 0 Å². The van der Waals surface area contributed by atoms with Crippen LogP contribution in [0.2, 0.25) is 5.02 Å². The van der Waals surface area contributed by atoms with Gasteiger partial charge in [-0.1, -0.05) is 23.7 Å². The van der Waals surface area contributed by atoms with E-state index in [9.17, 15) is 0 Å². The third-order valence-electron chi connectivity index (χ3n) is 3.47. The van der Waals surface area contributed by atoms with Crippen molar-refractivity contribution in [3.05, 3.63) is 34.3 Å². The molecule has 1 aliphatic rings. The van der Waals surface area contributed by atoms with Crippen LogP contribution >= 0.6 is 11.6 Å². The van der Waals surface area contributed by atoms with Gasteiger partial charge in [-0.25, -0.2) is 0 Å². The van der Waals surface area contributed by atoms with Crippen molar-refractivity contribution in [3.63, 3.8) is 0 Å². The van der Waals surface area contributed by atoms with Crippen LogP contribution in [0.1, 0.15) is 24.5 Å². The number of halogens is 1. The van der Waals surface area contributed by atoms with Crippen LogP contribution in [0.15, 0.2) is 18.2 Å². The summed E-state index contributed by atoms with van der Waals surface area (Å²) in [6, 6.07) is 6.13. The van der Waals surface area contributed by atoms with Crippen LogP contribution < -0.4 is 5.73 Å². The van der Waals surface area contributed by atoms with Crippen LogP contribution in [-0.4, -0.2) is 18.2 Å². The van der Waals surface area contributed by atoms with Gasteiger partial charge in [-0.05, 0) is 43.9 Å². The zero-order valence-corrected chi connectivity index (χ0v) is 10.6. The van der Waals surface area contributed by atoms with E-state index in [0.717, 1.165) is 30.0 Å². The predicted molar refractivity (Wildman–Crippen MR) is 66.8 cm³/mol. The van der Waals surface area contributed by atoms with Crippen molar-refractivity contribution in [2.75, 3.05) is 6.61 Å². The molecule has 2 unspecified atom stereocenters. The van der Waals surface area contributed by atoms with Gasteiger partial charge in [-0.2, -0.15) is 0 Å². The molecule has 2 rings (SSSR count). The summed E-state index contributed by atoms with van der Waals surface area (Å²) in [6.07, 6.45) is 1.79. The molecule has 1 saturated heterocycles. The summed E-state index contributed by atoms with van der Waals surface area (Å²) in [5.74, 6) is 0. The second-order valence-electron chi connectivity index (χ2n) is 4.77. The van der Waals surface area contributed by atoms with Crippen molar-refractivity contribution in [3.8, 4) is 0 Å². The third kappa shape index (κ3) is 2.24. The SMILES string of the molecule is Cc1ccc(CC2(N)CCOC2C)c(Cl)c1. The fourth-order valence-electron chi connectivity index (χ4n) is 2.18. The van der Waals surface area contributed by atoms with Crippen molar-refractivity contribution >= 4 is 11.6 Å². The number of ether oxygens (including phenoxy) is 1. The van der Waals surface area contributed by atoms with Gasteiger partial charge in [0.15, 0.2) is 0 Å². The molecule has 1 aromatic rings. The first kappa shape index (κ1) is 11.9. The van der Waals surface area contributed by atoms with E-state index in [4.69, 9.17) is 22.1 Å². The second kappa shape index (κ2) is 4.36. The molecule has 2 atom stereocenters. The molecule has 1 fully saturated rings. The first-order valence-corrected chi connectivity index (χ1v) is 6.04. The second-order valence-corrected chi connectivity index (χ2v) is 5.18. The Bertz CT molecular complexity index is 394. The quantitative estimate of drug-likeness (QED) is 0.861. The van der Waals surface area contributed by atoms with Crippen LogP contribution in [0, 0.1) is 6.92 Å². The molecule has 0 aliphatic carbocycles. The molecule has 1 aromatic carbocycles. The van der Waals surface area contributed by atoms with Crippen molar-refractivity contribution in [2.45, 2.75) is 38.3 Å². The molecule has 1 heterocycles. The van der Waals surface area contributed by atoms with Gasteiger partial charge >= 0.3 is 0 Å². The molecule has 0 aromatic heterocycles. The Labute approximate surface area is 102 Å². The highest BCUT2D eigenvalue weighted by molar-refractivity contribution is 6.31. The molecule has 88 valence electrons. The maximum absolute atomic E-state index is 6.36. The Balaban J connectivity index is 2.20. The van der Waals surface area contributed by atoms with Crippen molar-refractivity contribution in [1.29, 1.82) is 0 Å². The Kier molecular flexibility index (Phi) is 3.24. The number of hydrogen-bond acceptors (Lipinski definition) is 2. The van der Waals surface area contributed by atoms with Gasteiger partial charge in [0.25, 0.3) is 0 Å². The zero-order valence-electron chi connectivity index (χ0n) is 9.79. The normalized spacial score (nSPS) is 29.6. The molecule has 0 spiro atoms. The molecule has 2 nitrogen and oxygen atoms in total. The largest absolute Gasteiger partial charge is 0.377 e. The molecular formula is C13H18ClNO. The van der Waals surface area contributed by atoms with Gasteiger partial charge in [0.1, 0.15) is 0 Å². The molecule has 2 N–H and O–H groups in total. The highest BCUT2D eigenvalue weighted by atomic mass is 35.5. The van der Waals surface area contributed by atoms with Crippen LogP contribution in [0.4, 0.5) is 0 Å². The standard InChI is InChI=1S/C13H18ClNO/c1-9-3-4-11(12(14)7-9)8-13(15)5-6-16-10(13)2/h3-4,7,10H,5-6,8,15H2,1-2H3. The minimum atomic E-state index is -0.265. The topological polar surface area (TPSA) is 35.2 Å². The zero-order chi connectivity index (χ0) is 11.8. The van der Waals surface area contributed by atoms with Gasteiger partial charge in [-0.3, -0.25) is 0 Å². The van der Waals surface area contributed by atoms with E-state index in [0.29, 0.717) is 0 Å². The lowest BCUT2D eigenvalue weighted by molar-refractivity contribution is 0.0955. The van der Waals surface area contributed by atoms with Crippen LogP contribution in [-0.2, 0) is 11.2 Å². The molecule has 0 saturated carbocycles. The van der Waals surface area contributed by atoms with Crippen LogP contribution in [0.3, 0.4) is 0 Å². The number of nitrogens with two attached hydrogens (primary N) is 1. The lowest BCUT2D eigenvalue weighted by atomic mass is 9.86. The maximum Gasteiger partial charge on any atom is 0.0730 e. The van der Waals surface area contributed by atoms with Gasteiger partial charge in [-0.15, -0.1) is 0 Å². The van der Waals surface area contributed by atoms with E-state index < -0.39 is 0 Å². The van der Waals surface area contributed by atoms with Gasteiger partial charge < -0.3 is 10.5 Å². The van der Waals surface area contributed by atoms with Crippen molar-refractivity contribution in [1.82, 2.24) is 0 Å².